The number of nitrogens with one attached hydrogen (secondary N) is 2. The Morgan fingerprint density at radius 2 is 1.04 bits per heavy atom. The molecule has 0 atom stereocenters. The molecule has 3 N–H and O–H groups in total. The van der Waals surface area contributed by atoms with Crippen molar-refractivity contribution in [3.05, 3.63) is 122 Å². The van der Waals surface area contributed by atoms with Gasteiger partial charge in [0.15, 0.2) is 34.5 Å². The van der Waals surface area contributed by atoms with E-state index in [9.17, 15) is 5.11 Å². The summed E-state index contributed by atoms with van der Waals surface area (Å²) in [7, 11) is 1.69. The number of hydrogen-bond donors (Lipinski definition) is 3. The number of para-hydroxylation sites is 2. The number of ether oxygens (including phenoxy) is 3. The fourth-order valence-corrected chi connectivity index (χ4v) is 8.20. The molecule has 2 saturated heterocycles. The van der Waals surface area contributed by atoms with E-state index in [2.05, 4.69) is 66.8 Å². The normalized spacial score (nSPS) is 16.2. The zero-order valence-corrected chi connectivity index (χ0v) is 30.8. The fraction of sp³-hybridized carbons (Fsp3) is 0.244. The van der Waals surface area contributed by atoms with Gasteiger partial charge in [0.05, 0.1) is 29.9 Å². The summed E-state index contributed by atoms with van der Waals surface area (Å²) in [5.41, 5.74) is 8.59. The number of methoxy groups -OCH3 is 1. The summed E-state index contributed by atoms with van der Waals surface area (Å²) in [6.45, 7) is 4.07. The lowest BCUT2D eigenvalue weighted by molar-refractivity contribution is 0.371. The number of piperidine rings is 2. The quantitative estimate of drug-likeness (QED) is 0.159. The highest BCUT2D eigenvalue weighted by molar-refractivity contribution is 5.85. The van der Waals surface area contributed by atoms with Gasteiger partial charge in [-0.3, -0.25) is 9.97 Å². The van der Waals surface area contributed by atoms with Crippen LogP contribution in [0.4, 0.5) is 22.7 Å². The highest BCUT2D eigenvalue weighted by Gasteiger charge is 2.34. The first-order chi connectivity index (χ1) is 27.2. The van der Waals surface area contributed by atoms with Crippen LogP contribution >= 0.6 is 0 Å². The van der Waals surface area contributed by atoms with Gasteiger partial charge in [0.25, 0.3) is 0 Å². The molecule has 10 nitrogen and oxygen atoms in total. The van der Waals surface area contributed by atoms with Gasteiger partial charge < -0.3 is 39.8 Å². The van der Waals surface area contributed by atoms with E-state index in [-0.39, 0.29) is 5.75 Å². The van der Waals surface area contributed by atoms with Gasteiger partial charge in [0, 0.05) is 36.9 Å². The minimum absolute atomic E-state index is 0.173. The number of phenols is 1. The first-order valence-electron chi connectivity index (χ1n) is 19.1. The van der Waals surface area contributed by atoms with Crippen LogP contribution in [0.1, 0.15) is 25.7 Å². The Balaban J connectivity index is 0.000000144. The molecule has 0 aliphatic carbocycles. The van der Waals surface area contributed by atoms with E-state index in [0.29, 0.717) is 17.8 Å². The van der Waals surface area contributed by atoms with Crippen LogP contribution in [0.3, 0.4) is 0 Å². The zero-order valence-electron chi connectivity index (χ0n) is 30.8. The molecule has 0 amide bonds. The maximum Gasteiger partial charge on any atom is 0.192 e. The minimum Gasteiger partial charge on any atom is -0.504 e. The average Bonchev–Trinajstić information content (AvgIpc) is 3.26. The Kier molecular flexibility index (Phi) is 9.66. The third-order valence-electron chi connectivity index (χ3n) is 10.9. The fourth-order valence-electron chi connectivity index (χ4n) is 8.20. The standard InChI is InChI=1S/C23H23N3O2.C22H21N3O2/c1-27-21-4-2-3-20-23(21)28-22-15-17(16-7-11-24-12-8-16)5-6-19(22)26(20)18-9-13-25-14-10-18;26-20-3-1-2-19-22(20)27-21-14-16(15-6-10-23-11-7-15)4-5-18(21)25(19)17-8-12-24-13-9-17/h2-8,11-12,15,18,25H,9-10,13-14H2,1H3;1-7,10-11,14,17,24,26H,8-9,12-13H2. The molecule has 0 unspecified atom stereocenters. The highest BCUT2D eigenvalue weighted by Crippen LogP contribution is 2.54. The Bertz CT molecular complexity index is 2280. The van der Waals surface area contributed by atoms with Crippen molar-refractivity contribution in [1.82, 2.24) is 20.6 Å². The second-order valence-corrected chi connectivity index (χ2v) is 14.2. The topological polar surface area (TPSA) is 104 Å². The van der Waals surface area contributed by atoms with Gasteiger partial charge in [-0.05, 0) is 147 Å². The lowest BCUT2D eigenvalue weighted by Gasteiger charge is -2.40. The minimum atomic E-state index is 0.173. The number of pyridine rings is 2. The Morgan fingerprint density at radius 3 is 1.55 bits per heavy atom. The molecule has 0 saturated carbocycles. The summed E-state index contributed by atoms with van der Waals surface area (Å²) in [4.78, 5) is 13.0. The second kappa shape index (κ2) is 15.3. The molecule has 4 aromatic carbocycles. The number of anilines is 4. The van der Waals surface area contributed by atoms with Crippen LogP contribution in [0, 0.1) is 0 Å². The average molecular weight is 733 g/mol. The smallest absolute Gasteiger partial charge is 0.192 e. The molecule has 6 aromatic rings. The maximum atomic E-state index is 10.4. The van der Waals surface area contributed by atoms with Crippen molar-refractivity contribution in [3.63, 3.8) is 0 Å². The summed E-state index contributed by atoms with van der Waals surface area (Å²) < 4.78 is 18.2. The lowest BCUT2D eigenvalue weighted by atomic mass is 9.99. The Morgan fingerprint density at radius 1 is 0.564 bits per heavy atom. The maximum absolute atomic E-state index is 10.4. The predicted octanol–water partition coefficient (Wildman–Crippen LogP) is 9.20. The van der Waals surface area contributed by atoms with Crippen molar-refractivity contribution in [1.29, 1.82) is 0 Å². The van der Waals surface area contributed by atoms with Crippen LogP contribution in [0.5, 0.6) is 34.5 Å². The highest BCUT2D eigenvalue weighted by atomic mass is 16.5. The van der Waals surface area contributed by atoms with E-state index >= 15 is 0 Å². The summed E-state index contributed by atoms with van der Waals surface area (Å²) in [6.07, 6.45) is 11.5. The summed E-state index contributed by atoms with van der Waals surface area (Å²) >= 11 is 0. The monoisotopic (exact) mass is 732 g/mol. The van der Waals surface area contributed by atoms with E-state index in [1.165, 1.54) is 0 Å². The largest absolute Gasteiger partial charge is 0.504 e. The Hall–Kier alpha value is -6.10. The van der Waals surface area contributed by atoms with E-state index in [4.69, 9.17) is 14.2 Å². The van der Waals surface area contributed by atoms with Gasteiger partial charge in [0.1, 0.15) is 0 Å². The van der Waals surface area contributed by atoms with Crippen molar-refractivity contribution in [2.45, 2.75) is 37.8 Å². The van der Waals surface area contributed by atoms with Gasteiger partial charge >= 0.3 is 0 Å². The van der Waals surface area contributed by atoms with Gasteiger partial charge in [-0.15, -0.1) is 0 Å². The number of phenolic OH excluding ortho intramolecular Hbond substituents is 1. The first kappa shape index (κ1) is 34.7. The number of benzene rings is 4. The molecule has 2 aromatic heterocycles. The molecule has 0 radical (unpaired) electrons. The number of nitrogens with zero attached hydrogens (tertiary/aromatic N) is 4. The van der Waals surface area contributed by atoms with E-state index in [1.807, 2.05) is 67.0 Å². The number of fused-ring (bicyclic) bond motifs is 4. The van der Waals surface area contributed by atoms with Crippen molar-refractivity contribution >= 4 is 22.7 Å². The first-order valence-corrected chi connectivity index (χ1v) is 19.1. The molecule has 2 fully saturated rings. The molecule has 55 heavy (non-hydrogen) atoms. The molecule has 4 aliphatic heterocycles. The van der Waals surface area contributed by atoms with Crippen molar-refractivity contribution < 1.29 is 19.3 Å². The summed E-state index contributed by atoms with van der Waals surface area (Å²) in [5.74, 6) is 3.91. The molecular formula is C45H44N6O4. The third-order valence-corrected chi connectivity index (χ3v) is 10.9. The molecule has 10 rings (SSSR count). The van der Waals surface area contributed by atoms with Crippen LogP contribution in [-0.4, -0.2) is 60.4 Å². The molecule has 278 valence electrons. The molecule has 4 aliphatic rings. The zero-order chi connectivity index (χ0) is 37.1. The molecule has 0 bridgehead atoms. The van der Waals surface area contributed by atoms with E-state index in [1.54, 1.807) is 25.6 Å². The van der Waals surface area contributed by atoms with Crippen LogP contribution in [0.2, 0.25) is 0 Å². The van der Waals surface area contributed by atoms with Gasteiger partial charge in [-0.25, -0.2) is 0 Å². The molecule has 6 heterocycles. The Labute approximate surface area is 321 Å². The van der Waals surface area contributed by atoms with E-state index < -0.39 is 0 Å². The third kappa shape index (κ3) is 6.79. The second-order valence-electron chi connectivity index (χ2n) is 14.2. The summed E-state index contributed by atoms with van der Waals surface area (Å²) in [6, 6.07) is 33.3. The van der Waals surface area contributed by atoms with Gasteiger partial charge in [-0.2, -0.15) is 0 Å². The number of aromatic hydroxyl groups is 1. The van der Waals surface area contributed by atoms with Crippen LogP contribution in [0.25, 0.3) is 22.3 Å². The van der Waals surface area contributed by atoms with Gasteiger partial charge in [-0.1, -0.05) is 24.3 Å². The van der Waals surface area contributed by atoms with Crippen LogP contribution in [-0.2, 0) is 0 Å². The van der Waals surface area contributed by atoms with Crippen molar-refractivity contribution in [2.24, 2.45) is 0 Å². The summed E-state index contributed by atoms with van der Waals surface area (Å²) in [5, 5.41) is 17.3. The van der Waals surface area contributed by atoms with Crippen molar-refractivity contribution in [2.75, 3.05) is 43.1 Å². The lowest BCUT2D eigenvalue weighted by Crippen LogP contribution is -2.41. The number of rotatable bonds is 5. The predicted molar refractivity (Wildman–Crippen MR) is 217 cm³/mol. The number of aromatic nitrogens is 2. The molecule has 10 heteroatoms. The SMILES string of the molecule is COc1cccc2c1Oc1cc(-c3ccncc3)ccc1N2C1CCNCC1.Oc1cccc2c1Oc1cc(-c3ccncc3)ccc1N2C1CCNCC1. The molecule has 0 spiro atoms. The van der Waals surface area contributed by atoms with Crippen LogP contribution < -0.4 is 34.6 Å². The van der Waals surface area contributed by atoms with Crippen molar-refractivity contribution in [3.8, 4) is 56.8 Å². The van der Waals surface area contributed by atoms with Gasteiger partial charge in [0.2, 0.25) is 0 Å². The molecular weight excluding hydrogens is 689 g/mol. The van der Waals surface area contributed by atoms with Crippen LogP contribution in [0.15, 0.2) is 122 Å². The number of hydrogen-bond acceptors (Lipinski definition) is 10. The van der Waals surface area contributed by atoms with E-state index in [0.717, 1.165) is 120 Å².